The summed E-state index contributed by atoms with van der Waals surface area (Å²) in [4.78, 5) is 33.1. The Bertz CT molecular complexity index is 581. The smallest absolute Gasteiger partial charge is 0.270 e. The molecule has 0 unspecified atom stereocenters. The van der Waals surface area contributed by atoms with Crippen LogP contribution in [0, 0.1) is 15.9 Å². The van der Waals surface area contributed by atoms with Crippen molar-refractivity contribution in [2.24, 2.45) is 0 Å². The van der Waals surface area contributed by atoms with Crippen molar-refractivity contribution in [3.63, 3.8) is 0 Å². The van der Waals surface area contributed by atoms with Gasteiger partial charge in [-0.15, -0.1) is 0 Å². The van der Waals surface area contributed by atoms with Gasteiger partial charge in [-0.25, -0.2) is 4.39 Å². The molecule has 21 heavy (non-hydrogen) atoms. The third kappa shape index (κ3) is 5.17. The third-order valence-corrected chi connectivity index (χ3v) is 2.33. The van der Waals surface area contributed by atoms with E-state index in [1.54, 1.807) is 20.8 Å². The molecular weight excluding hydrogens is 281 g/mol. The molecule has 0 aliphatic heterocycles. The lowest BCUT2D eigenvalue weighted by Crippen LogP contribution is -2.45. The van der Waals surface area contributed by atoms with E-state index in [9.17, 15) is 24.1 Å². The van der Waals surface area contributed by atoms with E-state index in [0.29, 0.717) is 0 Å². The Morgan fingerprint density at radius 2 is 1.95 bits per heavy atom. The molecule has 0 fully saturated rings. The minimum Gasteiger partial charge on any atom is -0.350 e. The average Bonchev–Trinajstić information content (AvgIpc) is 2.34. The SMILES string of the molecule is CC(C)(C)NC(=O)CNC(=O)c1cc([N+](=O)[O-])ccc1F. The summed E-state index contributed by atoms with van der Waals surface area (Å²) in [7, 11) is 0. The molecule has 0 aliphatic rings. The fourth-order valence-electron chi connectivity index (χ4n) is 1.52. The van der Waals surface area contributed by atoms with Gasteiger partial charge in [-0.3, -0.25) is 19.7 Å². The van der Waals surface area contributed by atoms with Crippen LogP contribution in [0.15, 0.2) is 18.2 Å². The first-order valence-electron chi connectivity index (χ1n) is 6.13. The Balaban J connectivity index is 2.74. The number of rotatable bonds is 4. The van der Waals surface area contributed by atoms with E-state index in [1.165, 1.54) is 0 Å². The van der Waals surface area contributed by atoms with Crippen LogP contribution in [-0.2, 0) is 4.79 Å². The number of non-ortho nitro benzene ring substituents is 1. The topological polar surface area (TPSA) is 101 Å². The average molecular weight is 297 g/mol. The maximum absolute atomic E-state index is 13.5. The Morgan fingerprint density at radius 3 is 2.48 bits per heavy atom. The van der Waals surface area contributed by atoms with Crippen molar-refractivity contribution in [3.05, 3.63) is 39.7 Å². The maximum atomic E-state index is 13.5. The van der Waals surface area contributed by atoms with Crippen LogP contribution < -0.4 is 10.6 Å². The first kappa shape index (κ1) is 16.5. The zero-order valence-electron chi connectivity index (χ0n) is 11.9. The second-order valence-corrected chi connectivity index (χ2v) is 5.40. The van der Waals surface area contributed by atoms with Crippen LogP contribution in [0.4, 0.5) is 10.1 Å². The summed E-state index contributed by atoms with van der Waals surface area (Å²) in [6.45, 7) is 4.96. The fraction of sp³-hybridized carbons (Fsp3) is 0.385. The highest BCUT2D eigenvalue weighted by Crippen LogP contribution is 2.16. The molecule has 1 aromatic rings. The van der Waals surface area contributed by atoms with Gasteiger partial charge in [-0.05, 0) is 26.8 Å². The molecule has 2 amide bonds. The molecule has 8 heteroatoms. The quantitative estimate of drug-likeness (QED) is 0.647. The number of hydrogen-bond donors (Lipinski definition) is 2. The molecule has 0 heterocycles. The summed E-state index contributed by atoms with van der Waals surface area (Å²) < 4.78 is 13.5. The van der Waals surface area contributed by atoms with Gasteiger partial charge < -0.3 is 10.6 Å². The number of nitro benzene ring substituents is 1. The van der Waals surface area contributed by atoms with E-state index in [-0.39, 0.29) is 6.54 Å². The molecule has 0 atom stereocenters. The second-order valence-electron chi connectivity index (χ2n) is 5.40. The van der Waals surface area contributed by atoms with Gasteiger partial charge in [0, 0.05) is 17.7 Å². The Morgan fingerprint density at radius 1 is 1.33 bits per heavy atom. The van der Waals surface area contributed by atoms with Gasteiger partial charge in [-0.2, -0.15) is 0 Å². The molecule has 1 aromatic carbocycles. The molecule has 2 N–H and O–H groups in total. The first-order valence-corrected chi connectivity index (χ1v) is 6.13. The zero-order chi connectivity index (χ0) is 16.2. The monoisotopic (exact) mass is 297 g/mol. The first-order chi connectivity index (χ1) is 9.60. The highest BCUT2D eigenvalue weighted by Gasteiger charge is 2.18. The number of nitrogens with zero attached hydrogens (tertiary/aromatic N) is 1. The van der Waals surface area contributed by atoms with Crippen LogP contribution in [0.25, 0.3) is 0 Å². The zero-order valence-corrected chi connectivity index (χ0v) is 11.9. The van der Waals surface area contributed by atoms with Crippen molar-refractivity contribution in [3.8, 4) is 0 Å². The Hall–Kier alpha value is -2.51. The molecule has 0 bridgehead atoms. The van der Waals surface area contributed by atoms with E-state index in [2.05, 4.69) is 10.6 Å². The Kier molecular flexibility index (Phi) is 4.96. The molecule has 7 nitrogen and oxygen atoms in total. The molecular formula is C13H16FN3O4. The summed E-state index contributed by atoms with van der Waals surface area (Å²) in [6, 6.07) is 2.62. The van der Waals surface area contributed by atoms with E-state index in [1.807, 2.05) is 0 Å². The van der Waals surface area contributed by atoms with Crippen LogP contribution >= 0.6 is 0 Å². The summed E-state index contributed by atoms with van der Waals surface area (Å²) in [5.41, 5.74) is -1.34. The Labute approximate surface area is 120 Å². The minimum absolute atomic E-state index is 0.349. The van der Waals surface area contributed by atoms with E-state index in [0.717, 1.165) is 18.2 Å². The molecule has 0 aliphatic carbocycles. The molecule has 1 rings (SSSR count). The molecule has 0 saturated heterocycles. The lowest BCUT2D eigenvalue weighted by atomic mass is 10.1. The van der Waals surface area contributed by atoms with Crippen molar-refractivity contribution in [2.45, 2.75) is 26.3 Å². The van der Waals surface area contributed by atoms with Crippen molar-refractivity contribution >= 4 is 17.5 Å². The standard InChI is InChI=1S/C13H16FN3O4/c1-13(2,3)16-11(18)7-15-12(19)9-6-8(17(20)21)4-5-10(9)14/h4-6H,7H2,1-3H3,(H,15,19)(H,16,18). The number of carbonyl (C=O) groups is 2. The van der Waals surface area contributed by atoms with Gasteiger partial charge in [-0.1, -0.05) is 0 Å². The van der Waals surface area contributed by atoms with E-state index < -0.39 is 39.3 Å². The summed E-state index contributed by atoms with van der Waals surface area (Å²) in [6.07, 6.45) is 0. The molecule has 114 valence electrons. The van der Waals surface area contributed by atoms with Crippen molar-refractivity contribution in [1.29, 1.82) is 0 Å². The predicted molar refractivity (Wildman–Crippen MR) is 73.3 cm³/mol. The second kappa shape index (κ2) is 6.29. The maximum Gasteiger partial charge on any atom is 0.270 e. The molecule has 0 radical (unpaired) electrons. The van der Waals surface area contributed by atoms with Gasteiger partial charge in [0.2, 0.25) is 5.91 Å². The van der Waals surface area contributed by atoms with Gasteiger partial charge >= 0.3 is 0 Å². The number of nitrogens with one attached hydrogen (secondary N) is 2. The van der Waals surface area contributed by atoms with Crippen LogP contribution in [-0.4, -0.2) is 28.8 Å². The van der Waals surface area contributed by atoms with Gasteiger partial charge in [0.1, 0.15) is 5.82 Å². The van der Waals surface area contributed by atoms with E-state index >= 15 is 0 Å². The van der Waals surface area contributed by atoms with Crippen LogP contribution in [0.2, 0.25) is 0 Å². The van der Waals surface area contributed by atoms with Crippen LogP contribution in [0.5, 0.6) is 0 Å². The highest BCUT2D eigenvalue weighted by atomic mass is 19.1. The van der Waals surface area contributed by atoms with Crippen LogP contribution in [0.3, 0.4) is 0 Å². The number of halogens is 1. The third-order valence-electron chi connectivity index (χ3n) is 2.33. The van der Waals surface area contributed by atoms with E-state index in [4.69, 9.17) is 0 Å². The molecule has 0 saturated carbocycles. The lowest BCUT2D eigenvalue weighted by molar-refractivity contribution is -0.384. The number of carbonyl (C=O) groups excluding carboxylic acids is 2. The van der Waals surface area contributed by atoms with Gasteiger partial charge in [0.25, 0.3) is 11.6 Å². The van der Waals surface area contributed by atoms with Crippen molar-refractivity contribution < 1.29 is 18.9 Å². The van der Waals surface area contributed by atoms with Crippen LogP contribution in [0.1, 0.15) is 31.1 Å². The summed E-state index contributed by atoms with van der Waals surface area (Å²) >= 11 is 0. The normalized spacial score (nSPS) is 10.9. The number of benzene rings is 1. The predicted octanol–water partition coefficient (Wildman–Crippen LogP) is 1.38. The van der Waals surface area contributed by atoms with Crippen molar-refractivity contribution in [2.75, 3.05) is 6.54 Å². The number of amides is 2. The lowest BCUT2D eigenvalue weighted by Gasteiger charge is -2.20. The van der Waals surface area contributed by atoms with Gasteiger partial charge in [0.05, 0.1) is 17.0 Å². The highest BCUT2D eigenvalue weighted by molar-refractivity contribution is 5.97. The van der Waals surface area contributed by atoms with Crippen molar-refractivity contribution in [1.82, 2.24) is 10.6 Å². The molecule has 0 aromatic heterocycles. The number of nitro groups is 1. The van der Waals surface area contributed by atoms with Gasteiger partial charge in [0.15, 0.2) is 0 Å². The fourth-order valence-corrected chi connectivity index (χ4v) is 1.52. The largest absolute Gasteiger partial charge is 0.350 e. The number of hydrogen-bond acceptors (Lipinski definition) is 4. The minimum atomic E-state index is -0.894. The summed E-state index contributed by atoms with van der Waals surface area (Å²) in [5, 5.41) is 15.4. The summed E-state index contributed by atoms with van der Waals surface area (Å²) in [5.74, 6) is -2.23. The molecule has 0 spiro atoms.